The zero-order valence-electron chi connectivity index (χ0n) is 14.1. The van der Waals surface area contributed by atoms with E-state index in [-0.39, 0.29) is 11.9 Å². The van der Waals surface area contributed by atoms with Crippen LogP contribution in [0.15, 0.2) is 47.8 Å². The first-order valence-corrected chi connectivity index (χ1v) is 9.40. The van der Waals surface area contributed by atoms with Crippen molar-refractivity contribution >= 4 is 17.2 Å². The second-order valence-corrected chi connectivity index (χ2v) is 7.36. The number of nitrogens with zero attached hydrogens (tertiary/aromatic N) is 2. The molecule has 4 nitrogen and oxygen atoms in total. The van der Waals surface area contributed by atoms with Gasteiger partial charge in [-0.25, -0.2) is 0 Å². The second kappa shape index (κ2) is 8.42. The lowest BCUT2D eigenvalue weighted by atomic mass is 10.1. The Kier molecular flexibility index (Phi) is 6.01. The number of carbonyl (C=O) groups is 1. The van der Waals surface area contributed by atoms with Crippen molar-refractivity contribution in [2.45, 2.75) is 19.5 Å². The van der Waals surface area contributed by atoms with E-state index in [9.17, 15) is 4.79 Å². The van der Waals surface area contributed by atoms with Crippen LogP contribution in [0.25, 0.3) is 0 Å². The van der Waals surface area contributed by atoms with Crippen molar-refractivity contribution in [2.24, 2.45) is 0 Å². The molecule has 128 valence electrons. The molecule has 3 rings (SSSR count). The Labute approximate surface area is 148 Å². The molecular formula is C19H25N3OS. The smallest absolute Gasteiger partial charge is 0.234 e. The van der Waals surface area contributed by atoms with Crippen molar-refractivity contribution in [1.29, 1.82) is 0 Å². The topological polar surface area (TPSA) is 35.6 Å². The van der Waals surface area contributed by atoms with Crippen LogP contribution in [-0.4, -0.2) is 48.4 Å². The monoisotopic (exact) mass is 343 g/mol. The molecule has 0 saturated carbocycles. The standard InChI is InChI=1S/C19H25N3OS/c1-16(17-6-3-2-4-7-17)20-19(23)15-22-11-9-21(10-12-22)14-18-8-5-13-24-18/h2-8,13,16H,9-12,14-15H2,1H3,(H,20,23)/t16-/m0/s1. The van der Waals surface area contributed by atoms with Crippen molar-refractivity contribution in [2.75, 3.05) is 32.7 Å². The number of hydrogen-bond donors (Lipinski definition) is 1. The summed E-state index contributed by atoms with van der Waals surface area (Å²) in [4.78, 5) is 18.4. The van der Waals surface area contributed by atoms with Gasteiger partial charge in [0.05, 0.1) is 12.6 Å². The highest BCUT2D eigenvalue weighted by atomic mass is 32.1. The molecule has 1 aromatic heterocycles. The minimum absolute atomic E-state index is 0.0545. The van der Waals surface area contributed by atoms with Crippen LogP contribution >= 0.6 is 11.3 Å². The third-order valence-electron chi connectivity index (χ3n) is 4.47. The first kappa shape index (κ1) is 17.1. The van der Waals surface area contributed by atoms with Gasteiger partial charge in [0.25, 0.3) is 0 Å². The quantitative estimate of drug-likeness (QED) is 0.876. The first-order valence-electron chi connectivity index (χ1n) is 8.52. The van der Waals surface area contributed by atoms with Gasteiger partial charge in [-0.05, 0) is 23.9 Å². The Morgan fingerprint density at radius 2 is 1.79 bits per heavy atom. The van der Waals surface area contributed by atoms with Crippen molar-refractivity contribution < 1.29 is 4.79 Å². The Bertz CT molecular complexity index is 621. The fraction of sp³-hybridized carbons (Fsp3) is 0.421. The molecule has 1 aromatic carbocycles. The molecule has 0 aliphatic carbocycles. The molecule has 2 heterocycles. The average Bonchev–Trinajstić information content (AvgIpc) is 3.10. The molecule has 1 N–H and O–H groups in total. The molecule has 2 aromatic rings. The van der Waals surface area contributed by atoms with E-state index in [0.29, 0.717) is 6.54 Å². The maximum absolute atomic E-state index is 12.3. The summed E-state index contributed by atoms with van der Waals surface area (Å²) in [6.45, 7) is 7.52. The molecule has 0 bridgehead atoms. The molecule has 1 aliphatic rings. The summed E-state index contributed by atoms with van der Waals surface area (Å²) in [6, 6.07) is 14.5. The van der Waals surface area contributed by atoms with E-state index in [1.807, 2.05) is 48.6 Å². The van der Waals surface area contributed by atoms with Gasteiger partial charge in [-0.2, -0.15) is 0 Å². The molecule has 1 saturated heterocycles. The van der Waals surface area contributed by atoms with E-state index in [1.54, 1.807) is 0 Å². The Balaban J connectivity index is 1.40. The lowest BCUT2D eigenvalue weighted by molar-refractivity contribution is -0.123. The van der Waals surface area contributed by atoms with Gasteiger partial charge >= 0.3 is 0 Å². The highest BCUT2D eigenvalue weighted by Crippen LogP contribution is 2.14. The van der Waals surface area contributed by atoms with Crippen molar-refractivity contribution in [3.05, 3.63) is 58.3 Å². The van der Waals surface area contributed by atoms with Crippen LogP contribution < -0.4 is 5.32 Å². The number of thiophene rings is 1. The van der Waals surface area contributed by atoms with Gasteiger partial charge in [0.1, 0.15) is 0 Å². The Morgan fingerprint density at radius 1 is 1.08 bits per heavy atom. The SMILES string of the molecule is C[C@H](NC(=O)CN1CCN(Cc2cccs2)CC1)c1ccccc1. The number of amides is 1. The number of rotatable bonds is 6. The van der Waals surface area contributed by atoms with Gasteiger partial charge in [-0.1, -0.05) is 36.4 Å². The normalized spacial score (nSPS) is 17.5. The number of nitrogens with one attached hydrogen (secondary N) is 1. The average molecular weight is 343 g/mol. The summed E-state index contributed by atoms with van der Waals surface area (Å²) >= 11 is 1.81. The van der Waals surface area contributed by atoms with Crippen molar-refractivity contribution in [1.82, 2.24) is 15.1 Å². The molecule has 1 amide bonds. The lowest BCUT2D eigenvalue weighted by Crippen LogP contribution is -2.49. The molecule has 1 aliphatic heterocycles. The van der Waals surface area contributed by atoms with E-state index >= 15 is 0 Å². The fourth-order valence-electron chi connectivity index (χ4n) is 3.04. The van der Waals surface area contributed by atoms with E-state index in [4.69, 9.17) is 0 Å². The van der Waals surface area contributed by atoms with Gasteiger partial charge in [-0.15, -0.1) is 11.3 Å². The van der Waals surface area contributed by atoms with Crippen LogP contribution in [-0.2, 0) is 11.3 Å². The number of piperazine rings is 1. The van der Waals surface area contributed by atoms with Gasteiger partial charge in [0.15, 0.2) is 0 Å². The Morgan fingerprint density at radius 3 is 2.46 bits per heavy atom. The van der Waals surface area contributed by atoms with Gasteiger partial charge in [0, 0.05) is 37.6 Å². The molecular weight excluding hydrogens is 318 g/mol. The van der Waals surface area contributed by atoms with Crippen LogP contribution in [0.4, 0.5) is 0 Å². The van der Waals surface area contributed by atoms with E-state index in [0.717, 1.165) is 38.3 Å². The summed E-state index contributed by atoms with van der Waals surface area (Å²) in [5.74, 6) is 0.109. The summed E-state index contributed by atoms with van der Waals surface area (Å²) < 4.78 is 0. The molecule has 1 atom stereocenters. The van der Waals surface area contributed by atoms with Crippen LogP contribution in [0.1, 0.15) is 23.4 Å². The third kappa shape index (κ3) is 4.90. The number of benzene rings is 1. The number of hydrogen-bond acceptors (Lipinski definition) is 4. The maximum atomic E-state index is 12.3. The van der Waals surface area contributed by atoms with Gasteiger partial charge in [0.2, 0.25) is 5.91 Å². The van der Waals surface area contributed by atoms with Crippen LogP contribution in [0.2, 0.25) is 0 Å². The first-order chi connectivity index (χ1) is 11.7. The van der Waals surface area contributed by atoms with Gasteiger partial charge in [-0.3, -0.25) is 14.6 Å². The molecule has 24 heavy (non-hydrogen) atoms. The largest absolute Gasteiger partial charge is 0.348 e. The highest BCUT2D eigenvalue weighted by Gasteiger charge is 2.20. The predicted octanol–water partition coefficient (Wildman–Crippen LogP) is 2.74. The second-order valence-electron chi connectivity index (χ2n) is 6.33. The molecule has 1 fully saturated rings. The number of carbonyl (C=O) groups excluding carboxylic acids is 1. The van der Waals surface area contributed by atoms with Crippen LogP contribution in [0, 0.1) is 0 Å². The maximum Gasteiger partial charge on any atom is 0.234 e. The summed E-state index contributed by atoms with van der Waals surface area (Å²) in [6.07, 6.45) is 0. The molecule has 0 unspecified atom stereocenters. The van der Waals surface area contributed by atoms with Crippen molar-refractivity contribution in [3.8, 4) is 0 Å². The van der Waals surface area contributed by atoms with Crippen molar-refractivity contribution in [3.63, 3.8) is 0 Å². The van der Waals surface area contributed by atoms with Crippen LogP contribution in [0.3, 0.4) is 0 Å². The van der Waals surface area contributed by atoms with Crippen LogP contribution in [0.5, 0.6) is 0 Å². The molecule has 0 spiro atoms. The lowest BCUT2D eigenvalue weighted by Gasteiger charge is -2.34. The summed E-state index contributed by atoms with van der Waals surface area (Å²) in [7, 11) is 0. The molecule has 0 radical (unpaired) electrons. The predicted molar refractivity (Wildman–Crippen MR) is 99.0 cm³/mol. The Hall–Kier alpha value is -1.69. The van der Waals surface area contributed by atoms with E-state index < -0.39 is 0 Å². The highest BCUT2D eigenvalue weighted by molar-refractivity contribution is 7.09. The fourth-order valence-corrected chi connectivity index (χ4v) is 3.79. The van der Waals surface area contributed by atoms with E-state index in [2.05, 4.69) is 32.6 Å². The summed E-state index contributed by atoms with van der Waals surface area (Å²) in [5.41, 5.74) is 1.15. The van der Waals surface area contributed by atoms with E-state index in [1.165, 1.54) is 4.88 Å². The van der Waals surface area contributed by atoms with Gasteiger partial charge < -0.3 is 5.32 Å². The zero-order chi connectivity index (χ0) is 16.8. The summed E-state index contributed by atoms with van der Waals surface area (Å²) in [5, 5.41) is 5.23. The molecule has 5 heteroatoms. The third-order valence-corrected chi connectivity index (χ3v) is 5.33. The minimum Gasteiger partial charge on any atom is -0.348 e. The minimum atomic E-state index is 0.0545. The zero-order valence-corrected chi connectivity index (χ0v) is 15.0.